The van der Waals surface area contributed by atoms with Crippen molar-refractivity contribution in [2.24, 2.45) is 0 Å². The van der Waals surface area contributed by atoms with Crippen molar-refractivity contribution in [1.29, 1.82) is 0 Å². The fourth-order valence-electron chi connectivity index (χ4n) is 3.05. The summed E-state index contributed by atoms with van der Waals surface area (Å²) in [5, 5.41) is 13.8. The Kier molecular flexibility index (Phi) is 4.57. The number of rotatable bonds is 3. The van der Waals surface area contributed by atoms with Crippen molar-refractivity contribution in [2.45, 2.75) is 44.1 Å². The summed E-state index contributed by atoms with van der Waals surface area (Å²) in [7, 11) is 0. The monoisotopic (exact) mass is 326 g/mol. The molecule has 1 aromatic rings. The standard InChI is InChI=1S/C15H22N2O2S2/c1-2-12-9-21-13(16-12)11-4-3-6-17(8-11)14(18)15(19)5-7-20-10-15/h9,11,19H,2-8,10H2,1H3. The number of thiazole rings is 1. The van der Waals surface area contributed by atoms with Gasteiger partial charge in [0, 0.05) is 30.1 Å². The van der Waals surface area contributed by atoms with Crippen molar-refractivity contribution in [3.05, 3.63) is 16.1 Å². The average Bonchev–Trinajstić information content (AvgIpc) is 3.16. The van der Waals surface area contributed by atoms with Gasteiger partial charge in [0.1, 0.15) is 0 Å². The summed E-state index contributed by atoms with van der Waals surface area (Å²) >= 11 is 3.38. The number of nitrogens with zero attached hydrogens (tertiary/aromatic N) is 2. The van der Waals surface area contributed by atoms with Gasteiger partial charge >= 0.3 is 0 Å². The van der Waals surface area contributed by atoms with Gasteiger partial charge in [-0.1, -0.05) is 6.92 Å². The van der Waals surface area contributed by atoms with Crippen molar-refractivity contribution in [3.63, 3.8) is 0 Å². The topological polar surface area (TPSA) is 53.4 Å². The van der Waals surface area contributed by atoms with E-state index in [2.05, 4.69) is 17.3 Å². The number of carbonyl (C=O) groups is 1. The number of carbonyl (C=O) groups excluding carboxylic acids is 1. The Morgan fingerprint density at radius 3 is 3.14 bits per heavy atom. The molecule has 0 radical (unpaired) electrons. The molecule has 0 aliphatic carbocycles. The smallest absolute Gasteiger partial charge is 0.255 e. The Labute approximate surface area is 133 Å². The highest BCUT2D eigenvalue weighted by molar-refractivity contribution is 7.99. The third-order valence-corrected chi connectivity index (χ3v) is 6.62. The van der Waals surface area contributed by atoms with Crippen molar-refractivity contribution < 1.29 is 9.90 Å². The molecule has 1 N–H and O–H groups in total. The molecule has 4 nitrogen and oxygen atoms in total. The molecule has 1 aromatic heterocycles. The van der Waals surface area contributed by atoms with Crippen LogP contribution >= 0.6 is 23.1 Å². The lowest BCUT2D eigenvalue weighted by molar-refractivity contribution is -0.150. The molecule has 3 rings (SSSR count). The number of likely N-dealkylation sites (tertiary alicyclic amines) is 1. The number of thioether (sulfide) groups is 1. The maximum Gasteiger partial charge on any atom is 0.255 e. The summed E-state index contributed by atoms with van der Waals surface area (Å²) in [6.07, 6.45) is 3.64. The first kappa shape index (κ1) is 15.3. The largest absolute Gasteiger partial charge is 0.379 e. The molecule has 2 unspecified atom stereocenters. The van der Waals surface area contributed by atoms with E-state index >= 15 is 0 Å². The predicted octanol–water partition coefficient (Wildman–Crippen LogP) is 2.28. The molecule has 2 aliphatic heterocycles. The summed E-state index contributed by atoms with van der Waals surface area (Å²) in [5.74, 6) is 1.70. The Balaban J connectivity index is 1.69. The second-order valence-corrected chi connectivity index (χ2v) is 7.95. The maximum atomic E-state index is 12.6. The second-order valence-electron chi connectivity index (χ2n) is 5.96. The van der Waals surface area contributed by atoms with E-state index in [-0.39, 0.29) is 5.91 Å². The van der Waals surface area contributed by atoms with Crippen LogP contribution in [0, 0.1) is 0 Å². The Bertz CT molecular complexity index is 512. The summed E-state index contributed by atoms with van der Waals surface area (Å²) in [6, 6.07) is 0. The minimum atomic E-state index is -1.12. The zero-order chi connectivity index (χ0) is 14.9. The van der Waals surface area contributed by atoms with Gasteiger partial charge in [-0.25, -0.2) is 4.98 Å². The number of aromatic nitrogens is 1. The van der Waals surface area contributed by atoms with Crippen LogP contribution < -0.4 is 0 Å². The molecule has 116 valence electrons. The molecule has 0 bridgehead atoms. The van der Waals surface area contributed by atoms with E-state index in [9.17, 15) is 9.90 Å². The normalized spacial score (nSPS) is 29.8. The molecule has 6 heteroatoms. The number of aliphatic hydroxyl groups is 1. The maximum absolute atomic E-state index is 12.6. The Hall–Kier alpha value is -0.590. The van der Waals surface area contributed by atoms with Crippen LogP contribution in [0.25, 0.3) is 0 Å². The second kappa shape index (κ2) is 6.26. The van der Waals surface area contributed by atoms with Crippen LogP contribution in [0.3, 0.4) is 0 Å². The van der Waals surface area contributed by atoms with Gasteiger partial charge in [-0.05, 0) is 31.4 Å². The average molecular weight is 326 g/mol. The number of hydrogen-bond acceptors (Lipinski definition) is 5. The van der Waals surface area contributed by atoms with Gasteiger partial charge in [0.05, 0.1) is 10.7 Å². The molecule has 0 saturated carbocycles. The molecule has 2 atom stereocenters. The lowest BCUT2D eigenvalue weighted by Crippen LogP contribution is -2.52. The molecule has 21 heavy (non-hydrogen) atoms. The predicted molar refractivity (Wildman–Crippen MR) is 86.9 cm³/mol. The summed E-state index contributed by atoms with van der Waals surface area (Å²) in [6.45, 7) is 3.60. The SMILES string of the molecule is CCc1csc(C2CCCN(C(=O)C3(O)CCSC3)C2)n1. The van der Waals surface area contributed by atoms with E-state index < -0.39 is 5.60 Å². The summed E-state index contributed by atoms with van der Waals surface area (Å²) < 4.78 is 0. The Morgan fingerprint density at radius 2 is 2.48 bits per heavy atom. The van der Waals surface area contributed by atoms with Crippen LogP contribution in [0.1, 0.15) is 42.8 Å². The quantitative estimate of drug-likeness (QED) is 0.926. The minimum Gasteiger partial charge on any atom is -0.379 e. The molecule has 0 aromatic carbocycles. The lowest BCUT2D eigenvalue weighted by atomic mass is 9.95. The van der Waals surface area contributed by atoms with E-state index in [1.54, 1.807) is 23.1 Å². The fourth-order valence-corrected chi connectivity index (χ4v) is 5.32. The molecule has 2 saturated heterocycles. The molecular weight excluding hydrogens is 304 g/mol. The first-order chi connectivity index (χ1) is 10.1. The highest BCUT2D eigenvalue weighted by atomic mass is 32.2. The molecule has 2 aliphatic rings. The third-order valence-electron chi connectivity index (χ3n) is 4.39. The van der Waals surface area contributed by atoms with Crippen molar-refractivity contribution in [2.75, 3.05) is 24.6 Å². The fraction of sp³-hybridized carbons (Fsp3) is 0.733. The number of hydrogen-bond donors (Lipinski definition) is 1. The van der Waals surface area contributed by atoms with Gasteiger partial charge in [-0.15, -0.1) is 11.3 Å². The molecule has 2 fully saturated rings. The van der Waals surface area contributed by atoms with Gasteiger partial charge in [-0.3, -0.25) is 4.79 Å². The van der Waals surface area contributed by atoms with Crippen molar-refractivity contribution >= 4 is 29.0 Å². The van der Waals surface area contributed by atoms with Crippen molar-refractivity contribution in [3.8, 4) is 0 Å². The number of aryl methyl sites for hydroxylation is 1. The first-order valence-electron chi connectivity index (χ1n) is 7.66. The van der Waals surface area contributed by atoms with Crippen LogP contribution in [-0.4, -0.2) is 51.1 Å². The van der Waals surface area contributed by atoms with E-state index in [4.69, 9.17) is 0 Å². The lowest BCUT2D eigenvalue weighted by Gasteiger charge is -2.36. The summed E-state index contributed by atoms with van der Waals surface area (Å²) in [5.41, 5.74) is 0.0218. The number of piperidine rings is 1. The van der Waals surface area contributed by atoms with Crippen LogP contribution in [0.2, 0.25) is 0 Å². The van der Waals surface area contributed by atoms with E-state index in [1.165, 1.54) is 0 Å². The Morgan fingerprint density at radius 1 is 1.62 bits per heavy atom. The molecular formula is C15H22N2O2S2. The van der Waals surface area contributed by atoms with Gasteiger partial charge in [0.2, 0.25) is 0 Å². The summed E-state index contributed by atoms with van der Waals surface area (Å²) in [4.78, 5) is 19.1. The first-order valence-corrected chi connectivity index (χ1v) is 9.69. The zero-order valence-electron chi connectivity index (χ0n) is 12.4. The van der Waals surface area contributed by atoms with Crippen LogP contribution in [0.4, 0.5) is 0 Å². The van der Waals surface area contributed by atoms with E-state index in [1.807, 2.05) is 4.90 Å². The molecule has 0 spiro atoms. The molecule has 1 amide bonds. The van der Waals surface area contributed by atoms with Crippen LogP contribution in [0.15, 0.2) is 5.38 Å². The zero-order valence-corrected chi connectivity index (χ0v) is 14.0. The van der Waals surface area contributed by atoms with Gasteiger partial charge < -0.3 is 10.0 Å². The third kappa shape index (κ3) is 3.12. The van der Waals surface area contributed by atoms with Gasteiger partial charge in [-0.2, -0.15) is 11.8 Å². The minimum absolute atomic E-state index is 0.0653. The molecule has 3 heterocycles. The van der Waals surface area contributed by atoms with Crippen LogP contribution in [0.5, 0.6) is 0 Å². The highest BCUT2D eigenvalue weighted by Gasteiger charge is 2.43. The van der Waals surface area contributed by atoms with E-state index in [0.717, 1.165) is 42.3 Å². The van der Waals surface area contributed by atoms with Gasteiger partial charge in [0.25, 0.3) is 5.91 Å². The highest BCUT2D eigenvalue weighted by Crippen LogP contribution is 2.34. The van der Waals surface area contributed by atoms with Gasteiger partial charge in [0.15, 0.2) is 5.60 Å². The van der Waals surface area contributed by atoms with E-state index in [0.29, 0.717) is 24.6 Å². The van der Waals surface area contributed by atoms with Crippen LogP contribution in [-0.2, 0) is 11.2 Å². The number of amides is 1. The van der Waals surface area contributed by atoms with Crippen molar-refractivity contribution in [1.82, 2.24) is 9.88 Å².